The second-order valence-corrected chi connectivity index (χ2v) is 4.95. The summed E-state index contributed by atoms with van der Waals surface area (Å²) in [7, 11) is 2.02. The van der Waals surface area contributed by atoms with Crippen LogP contribution in [0.4, 0.5) is 13.6 Å². The molecule has 1 N–H and O–H groups in total. The fourth-order valence-corrected chi connectivity index (χ4v) is 2.01. The molecular weight excluding hydrogens is 280 g/mol. The molecule has 0 atom stereocenters. The average molecular weight is 299 g/mol. The molecule has 0 aliphatic carbocycles. The first-order valence-corrected chi connectivity index (χ1v) is 6.85. The summed E-state index contributed by atoms with van der Waals surface area (Å²) in [5.41, 5.74) is 0. The topological polar surface area (TPSA) is 44.8 Å². The Labute approximate surface area is 122 Å². The van der Waals surface area contributed by atoms with E-state index < -0.39 is 11.6 Å². The maximum Gasteiger partial charge on any atom is 0.317 e. The van der Waals surface area contributed by atoms with E-state index in [1.165, 1.54) is 6.07 Å². The fourth-order valence-electron chi connectivity index (χ4n) is 2.01. The number of hydrogen-bond acceptors (Lipinski definition) is 3. The van der Waals surface area contributed by atoms with Crippen LogP contribution in [0, 0.1) is 11.6 Å². The van der Waals surface area contributed by atoms with Crippen LogP contribution in [0.1, 0.15) is 0 Å². The molecule has 1 aliphatic rings. The molecule has 2 rings (SSSR count). The van der Waals surface area contributed by atoms with E-state index in [-0.39, 0.29) is 18.4 Å². The molecule has 7 heteroatoms. The molecule has 21 heavy (non-hydrogen) atoms. The van der Waals surface area contributed by atoms with Gasteiger partial charge in [-0.15, -0.1) is 0 Å². The second-order valence-electron chi connectivity index (χ2n) is 4.95. The highest BCUT2D eigenvalue weighted by Gasteiger charge is 2.18. The van der Waals surface area contributed by atoms with Crippen molar-refractivity contribution in [2.75, 3.05) is 46.4 Å². The number of rotatable bonds is 4. The molecule has 2 amide bonds. The van der Waals surface area contributed by atoms with Gasteiger partial charge in [0.15, 0.2) is 11.6 Å². The molecule has 0 unspecified atom stereocenters. The summed E-state index contributed by atoms with van der Waals surface area (Å²) >= 11 is 0. The van der Waals surface area contributed by atoms with E-state index in [2.05, 4.69) is 10.2 Å². The van der Waals surface area contributed by atoms with Crippen molar-refractivity contribution in [1.82, 2.24) is 15.1 Å². The van der Waals surface area contributed by atoms with E-state index in [1.54, 1.807) is 4.90 Å². The Kier molecular flexibility index (Phi) is 5.32. The summed E-state index contributed by atoms with van der Waals surface area (Å²) in [6.45, 7) is 3.63. The van der Waals surface area contributed by atoms with E-state index in [4.69, 9.17) is 4.74 Å². The Hall–Kier alpha value is -1.89. The van der Waals surface area contributed by atoms with Crippen LogP contribution in [0.15, 0.2) is 18.2 Å². The standard InChI is InChI=1S/C14H19F2N3O2/c1-18-5-7-19(8-6-18)14(20)17-4-9-21-11-2-3-12(15)13(16)10-11/h2-3,10H,4-9H2,1H3,(H,17,20). The molecular formula is C14H19F2N3O2. The number of carbonyl (C=O) groups is 1. The van der Waals surface area contributed by atoms with E-state index >= 15 is 0 Å². The maximum atomic E-state index is 13.0. The predicted molar refractivity (Wildman–Crippen MR) is 74.3 cm³/mol. The van der Waals surface area contributed by atoms with Crippen LogP contribution < -0.4 is 10.1 Å². The van der Waals surface area contributed by atoms with Crippen molar-refractivity contribution < 1.29 is 18.3 Å². The van der Waals surface area contributed by atoms with E-state index in [0.717, 1.165) is 25.2 Å². The van der Waals surface area contributed by atoms with Crippen molar-refractivity contribution in [3.63, 3.8) is 0 Å². The molecule has 0 spiro atoms. The Bertz CT molecular complexity index is 491. The van der Waals surface area contributed by atoms with Gasteiger partial charge in [-0.05, 0) is 19.2 Å². The van der Waals surface area contributed by atoms with Crippen LogP contribution in [0.5, 0.6) is 5.75 Å². The SMILES string of the molecule is CN1CCN(C(=O)NCCOc2ccc(F)c(F)c2)CC1. The Morgan fingerprint density at radius 2 is 1.95 bits per heavy atom. The lowest BCUT2D eigenvalue weighted by Crippen LogP contribution is -2.51. The molecule has 0 bridgehead atoms. The quantitative estimate of drug-likeness (QED) is 0.852. The molecule has 0 saturated carbocycles. The largest absolute Gasteiger partial charge is 0.492 e. The number of carbonyl (C=O) groups excluding carboxylic acids is 1. The minimum atomic E-state index is -0.950. The first-order valence-electron chi connectivity index (χ1n) is 6.85. The lowest BCUT2D eigenvalue weighted by molar-refractivity contribution is 0.153. The van der Waals surface area contributed by atoms with Crippen LogP contribution in [0.2, 0.25) is 0 Å². The first kappa shape index (κ1) is 15.5. The van der Waals surface area contributed by atoms with Crippen molar-refractivity contribution >= 4 is 6.03 Å². The fraction of sp³-hybridized carbons (Fsp3) is 0.500. The summed E-state index contributed by atoms with van der Waals surface area (Å²) in [4.78, 5) is 15.8. The van der Waals surface area contributed by atoms with Gasteiger partial charge in [0.05, 0.1) is 6.54 Å². The lowest BCUT2D eigenvalue weighted by atomic mass is 10.3. The number of urea groups is 1. The summed E-state index contributed by atoms with van der Waals surface area (Å²) in [6, 6.07) is 3.21. The van der Waals surface area contributed by atoms with Gasteiger partial charge in [0.2, 0.25) is 0 Å². The van der Waals surface area contributed by atoms with Gasteiger partial charge < -0.3 is 19.9 Å². The van der Waals surface area contributed by atoms with Gasteiger partial charge in [-0.1, -0.05) is 0 Å². The maximum absolute atomic E-state index is 13.0. The number of likely N-dealkylation sites (N-methyl/N-ethyl adjacent to an activating group) is 1. The van der Waals surface area contributed by atoms with Crippen molar-refractivity contribution in [3.8, 4) is 5.75 Å². The average Bonchev–Trinajstić information content (AvgIpc) is 2.47. The van der Waals surface area contributed by atoms with Crippen LogP contribution >= 0.6 is 0 Å². The zero-order chi connectivity index (χ0) is 15.2. The van der Waals surface area contributed by atoms with Crippen molar-refractivity contribution in [2.24, 2.45) is 0 Å². The number of ether oxygens (including phenoxy) is 1. The monoisotopic (exact) mass is 299 g/mol. The second kappa shape index (κ2) is 7.21. The van der Waals surface area contributed by atoms with Crippen molar-refractivity contribution in [2.45, 2.75) is 0 Å². The highest BCUT2D eigenvalue weighted by molar-refractivity contribution is 5.74. The predicted octanol–water partition coefficient (Wildman–Crippen LogP) is 1.30. The highest BCUT2D eigenvalue weighted by Crippen LogP contribution is 2.14. The van der Waals surface area contributed by atoms with Gasteiger partial charge in [0.25, 0.3) is 0 Å². The van der Waals surface area contributed by atoms with Crippen molar-refractivity contribution in [3.05, 3.63) is 29.8 Å². The molecule has 1 aromatic rings. The molecule has 116 valence electrons. The van der Waals surface area contributed by atoms with Gasteiger partial charge in [-0.25, -0.2) is 13.6 Å². The minimum Gasteiger partial charge on any atom is -0.492 e. The highest BCUT2D eigenvalue weighted by atomic mass is 19.2. The van der Waals surface area contributed by atoms with Crippen LogP contribution in [0.3, 0.4) is 0 Å². The smallest absolute Gasteiger partial charge is 0.317 e. The van der Waals surface area contributed by atoms with E-state index in [9.17, 15) is 13.6 Å². The number of nitrogens with one attached hydrogen (secondary N) is 1. The van der Waals surface area contributed by atoms with Crippen LogP contribution in [0.25, 0.3) is 0 Å². The van der Waals surface area contributed by atoms with Gasteiger partial charge in [-0.3, -0.25) is 0 Å². The third-order valence-electron chi connectivity index (χ3n) is 3.33. The molecule has 0 aromatic heterocycles. The number of piperazine rings is 1. The molecule has 1 fully saturated rings. The number of amides is 2. The molecule has 1 heterocycles. The lowest BCUT2D eigenvalue weighted by Gasteiger charge is -2.32. The normalized spacial score (nSPS) is 15.9. The van der Waals surface area contributed by atoms with Gasteiger partial charge in [0.1, 0.15) is 12.4 Å². The first-order chi connectivity index (χ1) is 10.1. The third kappa shape index (κ3) is 4.56. The Morgan fingerprint density at radius 3 is 2.62 bits per heavy atom. The van der Waals surface area contributed by atoms with E-state index in [1.807, 2.05) is 7.05 Å². The number of benzene rings is 1. The molecule has 0 radical (unpaired) electrons. The summed E-state index contributed by atoms with van der Waals surface area (Å²) in [6.07, 6.45) is 0. The molecule has 1 aromatic carbocycles. The van der Waals surface area contributed by atoms with Crippen LogP contribution in [-0.2, 0) is 0 Å². The third-order valence-corrected chi connectivity index (χ3v) is 3.33. The van der Waals surface area contributed by atoms with Gasteiger partial charge in [0, 0.05) is 32.2 Å². The molecule has 1 saturated heterocycles. The minimum absolute atomic E-state index is 0.128. The number of hydrogen-bond donors (Lipinski definition) is 1. The van der Waals surface area contributed by atoms with Gasteiger partial charge >= 0.3 is 6.03 Å². The summed E-state index contributed by atoms with van der Waals surface area (Å²) < 4.78 is 30.9. The molecule has 5 nitrogen and oxygen atoms in total. The zero-order valence-corrected chi connectivity index (χ0v) is 11.9. The molecule has 1 aliphatic heterocycles. The summed E-state index contributed by atoms with van der Waals surface area (Å²) in [5, 5.41) is 2.74. The zero-order valence-electron chi connectivity index (χ0n) is 11.9. The van der Waals surface area contributed by atoms with Crippen molar-refractivity contribution in [1.29, 1.82) is 0 Å². The number of nitrogens with zero attached hydrogens (tertiary/aromatic N) is 2. The summed E-state index contributed by atoms with van der Waals surface area (Å²) in [5.74, 6) is -1.62. The van der Waals surface area contributed by atoms with Crippen LogP contribution in [-0.4, -0.2) is 62.2 Å². The van der Waals surface area contributed by atoms with E-state index in [0.29, 0.717) is 19.6 Å². The Morgan fingerprint density at radius 1 is 1.24 bits per heavy atom. The van der Waals surface area contributed by atoms with Gasteiger partial charge in [-0.2, -0.15) is 0 Å². The Balaban J connectivity index is 1.67. The number of halogens is 2.